The molecule has 5 heteroatoms. The van der Waals surface area contributed by atoms with Crippen molar-refractivity contribution in [1.29, 1.82) is 0 Å². The van der Waals surface area contributed by atoms with E-state index in [-0.39, 0.29) is 17.4 Å². The molecule has 16 heavy (non-hydrogen) atoms. The van der Waals surface area contributed by atoms with Gasteiger partial charge in [0.2, 0.25) is 5.89 Å². The second-order valence-electron chi connectivity index (χ2n) is 3.84. The first-order valence-corrected chi connectivity index (χ1v) is 4.96. The summed E-state index contributed by atoms with van der Waals surface area (Å²) in [6.45, 7) is 3.85. The monoisotopic (exact) mass is 221 g/mol. The molecule has 84 valence electrons. The van der Waals surface area contributed by atoms with E-state index in [1.807, 2.05) is 13.8 Å². The van der Waals surface area contributed by atoms with Crippen molar-refractivity contribution in [2.24, 2.45) is 0 Å². The van der Waals surface area contributed by atoms with Crippen molar-refractivity contribution < 1.29 is 8.81 Å². The van der Waals surface area contributed by atoms with E-state index in [1.54, 1.807) is 6.07 Å². The fourth-order valence-corrected chi connectivity index (χ4v) is 1.28. The van der Waals surface area contributed by atoms with Gasteiger partial charge in [-0.3, -0.25) is 0 Å². The minimum atomic E-state index is -0.459. The summed E-state index contributed by atoms with van der Waals surface area (Å²) in [5.74, 6) is 0.337. The van der Waals surface area contributed by atoms with Gasteiger partial charge in [0.05, 0.1) is 5.56 Å². The zero-order chi connectivity index (χ0) is 11.7. The molecule has 0 atom stereocenters. The molecule has 0 aliphatic heterocycles. The first kappa shape index (κ1) is 10.6. The van der Waals surface area contributed by atoms with Crippen molar-refractivity contribution >= 4 is 5.69 Å². The number of halogens is 1. The van der Waals surface area contributed by atoms with Crippen molar-refractivity contribution in [3.8, 4) is 11.5 Å². The highest BCUT2D eigenvalue weighted by Gasteiger charge is 2.14. The third-order valence-corrected chi connectivity index (χ3v) is 2.16. The lowest BCUT2D eigenvalue weighted by Crippen LogP contribution is -1.89. The molecule has 0 radical (unpaired) electrons. The van der Waals surface area contributed by atoms with Gasteiger partial charge in [-0.05, 0) is 18.2 Å². The number of rotatable bonds is 2. The quantitative estimate of drug-likeness (QED) is 0.791. The first-order chi connectivity index (χ1) is 7.58. The molecule has 0 spiro atoms. The molecule has 0 aliphatic carbocycles. The van der Waals surface area contributed by atoms with E-state index in [0.29, 0.717) is 11.6 Å². The number of nitrogens with two attached hydrogens (primary N) is 1. The normalized spacial score (nSPS) is 11.0. The van der Waals surface area contributed by atoms with Gasteiger partial charge in [0.25, 0.3) is 5.89 Å². The Labute approximate surface area is 92.3 Å². The van der Waals surface area contributed by atoms with E-state index >= 15 is 0 Å². The summed E-state index contributed by atoms with van der Waals surface area (Å²) in [6, 6.07) is 4.36. The Morgan fingerprint density at radius 2 is 2.06 bits per heavy atom. The van der Waals surface area contributed by atoms with Gasteiger partial charge in [-0.25, -0.2) is 4.39 Å². The molecular weight excluding hydrogens is 209 g/mol. The number of aromatic nitrogens is 2. The molecule has 1 aromatic carbocycles. The zero-order valence-electron chi connectivity index (χ0n) is 9.07. The van der Waals surface area contributed by atoms with Crippen molar-refractivity contribution in [3.05, 3.63) is 29.9 Å². The van der Waals surface area contributed by atoms with Crippen molar-refractivity contribution in [2.45, 2.75) is 19.8 Å². The van der Waals surface area contributed by atoms with Crippen LogP contribution in [0.2, 0.25) is 0 Å². The fourth-order valence-electron chi connectivity index (χ4n) is 1.28. The zero-order valence-corrected chi connectivity index (χ0v) is 9.07. The molecule has 2 aromatic rings. The minimum absolute atomic E-state index is 0.123. The molecule has 0 unspecified atom stereocenters. The summed E-state index contributed by atoms with van der Waals surface area (Å²) in [4.78, 5) is 0. The van der Waals surface area contributed by atoms with Gasteiger partial charge < -0.3 is 10.2 Å². The number of nitrogens with zero attached hydrogens (tertiary/aromatic N) is 2. The fraction of sp³-hybridized carbons (Fsp3) is 0.273. The SMILES string of the molecule is CC(C)c1nnc(-c2ccc(N)cc2F)o1. The highest BCUT2D eigenvalue weighted by Crippen LogP contribution is 2.24. The van der Waals surface area contributed by atoms with Crippen LogP contribution in [0.1, 0.15) is 25.7 Å². The van der Waals surface area contributed by atoms with Crippen molar-refractivity contribution in [3.63, 3.8) is 0 Å². The lowest BCUT2D eigenvalue weighted by Gasteiger charge is -1.99. The van der Waals surface area contributed by atoms with Crippen LogP contribution in [0.4, 0.5) is 10.1 Å². The summed E-state index contributed by atoms with van der Waals surface area (Å²) in [6.07, 6.45) is 0. The smallest absolute Gasteiger partial charge is 0.250 e. The molecule has 2 N–H and O–H groups in total. The summed E-state index contributed by atoms with van der Waals surface area (Å²) in [5, 5.41) is 7.64. The van der Waals surface area contributed by atoms with Gasteiger partial charge in [0.1, 0.15) is 5.82 Å². The molecular formula is C11H12FN3O. The number of hydrogen-bond donors (Lipinski definition) is 1. The van der Waals surface area contributed by atoms with Crippen molar-refractivity contribution in [2.75, 3.05) is 5.73 Å². The molecule has 0 amide bonds. The summed E-state index contributed by atoms with van der Waals surface area (Å²) in [7, 11) is 0. The largest absolute Gasteiger partial charge is 0.420 e. The van der Waals surface area contributed by atoms with E-state index in [0.717, 1.165) is 0 Å². The molecule has 4 nitrogen and oxygen atoms in total. The average molecular weight is 221 g/mol. The Morgan fingerprint density at radius 1 is 1.31 bits per heavy atom. The Kier molecular flexibility index (Phi) is 2.60. The van der Waals surface area contributed by atoms with Gasteiger partial charge in [0, 0.05) is 11.6 Å². The third kappa shape index (κ3) is 1.88. The molecule has 1 heterocycles. The van der Waals surface area contributed by atoms with Crippen LogP contribution in [0.3, 0.4) is 0 Å². The van der Waals surface area contributed by atoms with Crippen LogP contribution in [-0.4, -0.2) is 10.2 Å². The number of benzene rings is 1. The molecule has 0 aliphatic rings. The van der Waals surface area contributed by atoms with Crippen LogP contribution >= 0.6 is 0 Å². The lowest BCUT2D eigenvalue weighted by molar-refractivity contribution is 0.478. The Balaban J connectivity index is 2.42. The van der Waals surface area contributed by atoms with Crippen LogP contribution in [0.5, 0.6) is 0 Å². The maximum absolute atomic E-state index is 13.5. The average Bonchev–Trinajstić information content (AvgIpc) is 2.66. The number of hydrogen-bond acceptors (Lipinski definition) is 4. The molecule has 0 bridgehead atoms. The topological polar surface area (TPSA) is 64.9 Å². The number of nitrogen functional groups attached to an aromatic ring is 1. The van der Waals surface area contributed by atoms with E-state index in [4.69, 9.17) is 10.2 Å². The first-order valence-electron chi connectivity index (χ1n) is 4.96. The molecule has 0 saturated heterocycles. The molecule has 0 saturated carbocycles. The standard InChI is InChI=1S/C11H12FN3O/c1-6(2)10-14-15-11(16-10)8-4-3-7(13)5-9(8)12/h3-6H,13H2,1-2H3. The predicted molar refractivity (Wildman–Crippen MR) is 58.2 cm³/mol. The van der Waals surface area contributed by atoms with Gasteiger partial charge in [-0.15, -0.1) is 10.2 Å². The van der Waals surface area contributed by atoms with Crippen LogP contribution < -0.4 is 5.73 Å². The van der Waals surface area contributed by atoms with Gasteiger partial charge in [-0.1, -0.05) is 13.8 Å². The van der Waals surface area contributed by atoms with Gasteiger partial charge in [-0.2, -0.15) is 0 Å². The Bertz CT molecular complexity index is 508. The van der Waals surface area contributed by atoms with Crippen LogP contribution in [0, 0.1) is 5.82 Å². The van der Waals surface area contributed by atoms with E-state index in [2.05, 4.69) is 10.2 Å². The van der Waals surface area contributed by atoms with Crippen molar-refractivity contribution in [1.82, 2.24) is 10.2 Å². The summed E-state index contributed by atoms with van der Waals surface area (Å²) < 4.78 is 18.9. The molecule has 2 rings (SSSR count). The highest BCUT2D eigenvalue weighted by atomic mass is 19.1. The summed E-state index contributed by atoms with van der Waals surface area (Å²) >= 11 is 0. The number of anilines is 1. The predicted octanol–water partition coefficient (Wildman–Crippen LogP) is 2.58. The van der Waals surface area contributed by atoms with Crippen LogP contribution in [-0.2, 0) is 0 Å². The maximum atomic E-state index is 13.5. The molecule has 1 aromatic heterocycles. The molecule has 0 fully saturated rings. The second kappa shape index (κ2) is 3.92. The minimum Gasteiger partial charge on any atom is -0.420 e. The highest BCUT2D eigenvalue weighted by molar-refractivity contribution is 5.58. The second-order valence-corrected chi connectivity index (χ2v) is 3.84. The van der Waals surface area contributed by atoms with Crippen LogP contribution in [0.25, 0.3) is 11.5 Å². The maximum Gasteiger partial charge on any atom is 0.250 e. The van der Waals surface area contributed by atoms with Crippen LogP contribution in [0.15, 0.2) is 22.6 Å². The lowest BCUT2D eigenvalue weighted by atomic mass is 10.2. The van der Waals surface area contributed by atoms with E-state index < -0.39 is 5.82 Å². The Hall–Kier alpha value is -1.91. The van der Waals surface area contributed by atoms with E-state index in [9.17, 15) is 4.39 Å². The Morgan fingerprint density at radius 3 is 2.62 bits per heavy atom. The van der Waals surface area contributed by atoms with E-state index in [1.165, 1.54) is 12.1 Å². The third-order valence-electron chi connectivity index (χ3n) is 2.16. The summed E-state index contributed by atoms with van der Waals surface area (Å²) in [5.41, 5.74) is 6.09. The van der Waals surface area contributed by atoms with Gasteiger partial charge in [0.15, 0.2) is 0 Å². The van der Waals surface area contributed by atoms with Gasteiger partial charge >= 0.3 is 0 Å².